The molecule has 0 bridgehead atoms. The van der Waals surface area contributed by atoms with E-state index in [4.69, 9.17) is 4.74 Å². The molecule has 3 aromatic rings. The number of para-hydroxylation sites is 1. The normalized spacial score (nSPS) is 10.6. The Hall–Kier alpha value is -2.42. The number of hydrogen-bond acceptors (Lipinski definition) is 3. The van der Waals surface area contributed by atoms with Crippen molar-refractivity contribution in [1.82, 2.24) is 9.97 Å². The zero-order valence-electron chi connectivity index (χ0n) is 10.7. The highest BCUT2D eigenvalue weighted by Crippen LogP contribution is 2.21. The van der Waals surface area contributed by atoms with Crippen molar-refractivity contribution in [2.45, 2.75) is 6.92 Å². The first-order valence-electron chi connectivity index (χ1n) is 6.32. The van der Waals surface area contributed by atoms with Crippen molar-refractivity contribution in [2.24, 2.45) is 0 Å². The van der Waals surface area contributed by atoms with Crippen molar-refractivity contribution in [3.8, 4) is 17.1 Å². The van der Waals surface area contributed by atoms with Crippen LogP contribution in [-0.2, 0) is 0 Å². The molecular weight excluding hydrogens is 236 g/mol. The minimum absolute atomic E-state index is 0.672. The first kappa shape index (κ1) is 11.7. The summed E-state index contributed by atoms with van der Waals surface area (Å²) < 4.78 is 5.43. The van der Waals surface area contributed by atoms with Gasteiger partial charge in [0.05, 0.1) is 12.1 Å². The molecule has 0 radical (unpaired) electrons. The van der Waals surface area contributed by atoms with Crippen molar-refractivity contribution in [2.75, 3.05) is 6.61 Å². The fourth-order valence-corrected chi connectivity index (χ4v) is 1.98. The van der Waals surface area contributed by atoms with E-state index in [9.17, 15) is 0 Å². The van der Waals surface area contributed by atoms with Gasteiger partial charge in [0.25, 0.3) is 0 Å². The van der Waals surface area contributed by atoms with Crippen LogP contribution in [-0.4, -0.2) is 16.6 Å². The predicted octanol–water partition coefficient (Wildman–Crippen LogP) is 3.70. The van der Waals surface area contributed by atoms with E-state index in [1.807, 2.05) is 61.7 Å². The molecule has 0 aliphatic heterocycles. The van der Waals surface area contributed by atoms with Crippen molar-refractivity contribution in [1.29, 1.82) is 0 Å². The molecule has 0 saturated carbocycles. The average molecular weight is 250 g/mol. The van der Waals surface area contributed by atoms with Crippen molar-refractivity contribution in [3.05, 3.63) is 54.7 Å². The third-order valence-electron chi connectivity index (χ3n) is 2.91. The maximum atomic E-state index is 5.43. The van der Waals surface area contributed by atoms with Gasteiger partial charge in [-0.3, -0.25) is 0 Å². The molecule has 0 unspecified atom stereocenters. The Morgan fingerprint density at radius 1 is 1.00 bits per heavy atom. The number of benzene rings is 2. The van der Waals surface area contributed by atoms with Crippen LogP contribution in [0.2, 0.25) is 0 Å². The van der Waals surface area contributed by atoms with E-state index in [1.54, 1.807) is 0 Å². The highest BCUT2D eigenvalue weighted by Gasteiger charge is 2.03. The van der Waals surface area contributed by atoms with E-state index in [0.29, 0.717) is 6.61 Å². The van der Waals surface area contributed by atoms with Gasteiger partial charge in [-0.2, -0.15) is 0 Å². The summed E-state index contributed by atoms with van der Waals surface area (Å²) in [6, 6.07) is 15.8. The van der Waals surface area contributed by atoms with Crippen LogP contribution in [0.5, 0.6) is 5.75 Å². The van der Waals surface area contributed by atoms with E-state index >= 15 is 0 Å². The molecule has 3 nitrogen and oxygen atoms in total. The highest BCUT2D eigenvalue weighted by molar-refractivity contribution is 5.79. The summed E-state index contributed by atoms with van der Waals surface area (Å²) in [5.74, 6) is 1.61. The van der Waals surface area contributed by atoms with Crippen LogP contribution in [0.1, 0.15) is 6.92 Å². The first-order valence-corrected chi connectivity index (χ1v) is 6.32. The lowest BCUT2D eigenvalue weighted by Crippen LogP contribution is -1.92. The lowest BCUT2D eigenvalue weighted by Gasteiger charge is -2.05. The van der Waals surface area contributed by atoms with E-state index in [0.717, 1.165) is 28.0 Å². The third-order valence-corrected chi connectivity index (χ3v) is 2.91. The molecule has 0 amide bonds. The Morgan fingerprint density at radius 3 is 2.58 bits per heavy atom. The number of fused-ring (bicyclic) bond motifs is 1. The Morgan fingerprint density at radius 2 is 1.79 bits per heavy atom. The molecule has 2 aromatic carbocycles. The predicted molar refractivity (Wildman–Crippen MR) is 76.1 cm³/mol. The number of nitrogens with zero attached hydrogens (tertiary/aromatic N) is 2. The lowest BCUT2D eigenvalue weighted by molar-refractivity contribution is 0.340. The average Bonchev–Trinajstić information content (AvgIpc) is 2.48. The van der Waals surface area contributed by atoms with Gasteiger partial charge < -0.3 is 4.74 Å². The van der Waals surface area contributed by atoms with Crippen molar-refractivity contribution >= 4 is 10.9 Å². The number of aromatic nitrogens is 2. The summed E-state index contributed by atoms with van der Waals surface area (Å²) in [6.07, 6.45) is 1.86. The van der Waals surface area contributed by atoms with Crippen LogP contribution in [0.15, 0.2) is 54.7 Å². The van der Waals surface area contributed by atoms with Gasteiger partial charge in [-0.15, -0.1) is 0 Å². The summed E-state index contributed by atoms with van der Waals surface area (Å²) >= 11 is 0. The topological polar surface area (TPSA) is 35.0 Å². The van der Waals surface area contributed by atoms with Crippen LogP contribution in [0.3, 0.4) is 0 Å². The molecule has 1 heterocycles. The van der Waals surface area contributed by atoms with Gasteiger partial charge in [0.1, 0.15) is 5.75 Å². The Labute approximate surface area is 111 Å². The van der Waals surface area contributed by atoms with Crippen LogP contribution in [0, 0.1) is 0 Å². The Bertz CT molecular complexity index is 692. The number of hydrogen-bond donors (Lipinski definition) is 0. The molecule has 19 heavy (non-hydrogen) atoms. The molecule has 3 heteroatoms. The lowest BCUT2D eigenvalue weighted by atomic mass is 10.2. The number of ether oxygens (including phenoxy) is 1. The minimum Gasteiger partial charge on any atom is -0.494 e. The summed E-state index contributed by atoms with van der Waals surface area (Å²) in [5, 5.41) is 1.05. The van der Waals surface area contributed by atoms with Crippen molar-refractivity contribution in [3.63, 3.8) is 0 Å². The molecule has 0 atom stereocenters. The number of rotatable bonds is 3. The zero-order valence-corrected chi connectivity index (χ0v) is 10.7. The Kier molecular flexibility index (Phi) is 3.11. The van der Waals surface area contributed by atoms with E-state index in [1.165, 1.54) is 0 Å². The third kappa shape index (κ3) is 2.40. The highest BCUT2D eigenvalue weighted by atomic mass is 16.5. The summed E-state index contributed by atoms with van der Waals surface area (Å²) in [7, 11) is 0. The van der Waals surface area contributed by atoms with Gasteiger partial charge in [-0.1, -0.05) is 18.2 Å². The molecule has 0 fully saturated rings. The zero-order chi connectivity index (χ0) is 13.1. The minimum atomic E-state index is 0.672. The second-order valence-electron chi connectivity index (χ2n) is 4.21. The van der Waals surface area contributed by atoms with Crippen LogP contribution < -0.4 is 4.74 Å². The fraction of sp³-hybridized carbons (Fsp3) is 0.125. The molecule has 3 rings (SSSR count). The van der Waals surface area contributed by atoms with Gasteiger partial charge in [-0.25, -0.2) is 9.97 Å². The smallest absolute Gasteiger partial charge is 0.159 e. The summed E-state index contributed by atoms with van der Waals surface area (Å²) in [5.41, 5.74) is 1.95. The van der Waals surface area contributed by atoms with E-state index in [2.05, 4.69) is 9.97 Å². The SMILES string of the molecule is CCOc1ccc(-c2ncc3ccccc3n2)cc1. The van der Waals surface area contributed by atoms with Crippen LogP contribution >= 0.6 is 0 Å². The standard InChI is InChI=1S/C16H14N2O/c1-2-19-14-9-7-12(8-10-14)16-17-11-13-5-3-4-6-15(13)18-16/h3-11H,2H2,1H3. The molecule has 1 aromatic heterocycles. The maximum absolute atomic E-state index is 5.43. The van der Waals surface area contributed by atoms with Gasteiger partial charge in [0.15, 0.2) is 5.82 Å². The second kappa shape index (κ2) is 5.06. The van der Waals surface area contributed by atoms with E-state index < -0.39 is 0 Å². The quantitative estimate of drug-likeness (QED) is 0.711. The molecule has 0 aliphatic carbocycles. The molecule has 0 saturated heterocycles. The molecule has 0 aliphatic rings. The van der Waals surface area contributed by atoms with Gasteiger partial charge in [0, 0.05) is 17.1 Å². The van der Waals surface area contributed by atoms with Gasteiger partial charge in [0.2, 0.25) is 0 Å². The van der Waals surface area contributed by atoms with Crippen molar-refractivity contribution < 1.29 is 4.74 Å². The molecule has 0 spiro atoms. The molecular formula is C16H14N2O. The Balaban J connectivity index is 1.99. The fourth-order valence-electron chi connectivity index (χ4n) is 1.98. The largest absolute Gasteiger partial charge is 0.494 e. The van der Waals surface area contributed by atoms with Gasteiger partial charge in [-0.05, 0) is 37.3 Å². The molecule has 94 valence electrons. The summed E-state index contributed by atoms with van der Waals surface area (Å²) in [4.78, 5) is 8.97. The first-order chi connectivity index (χ1) is 9.36. The molecule has 0 N–H and O–H groups in total. The van der Waals surface area contributed by atoms with Gasteiger partial charge >= 0.3 is 0 Å². The van der Waals surface area contributed by atoms with E-state index in [-0.39, 0.29) is 0 Å². The maximum Gasteiger partial charge on any atom is 0.159 e. The van der Waals surface area contributed by atoms with Crippen LogP contribution in [0.25, 0.3) is 22.3 Å². The monoisotopic (exact) mass is 250 g/mol. The second-order valence-corrected chi connectivity index (χ2v) is 4.21. The summed E-state index contributed by atoms with van der Waals surface area (Å²) in [6.45, 7) is 2.65. The van der Waals surface area contributed by atoms with Crippen LogP contribution in [0.4, 0.5) is 0 Å².